The molecule has 6 heteroatoms. The van der Waals surface area contributed by atoms with Gasteiger partial charge in [0.1, 0.15) is 5.69 Å². The monoisotopic (exact) mass is 289 g/mol. The number of aliphatic imine (C=N–C) groups is 1. The van der Waals surface area contributed by atoms with Gasteiger partial charge in [0, 0.05) is 13.1 Å². The minimum Gasteiger partial charge on any atom is -0.326 e. The normalized spacial score (nSPS) is 24.2. The lowest BCUT2D eigenvalue weighted by Gasteiger charge is -2.35. The zero-order chi connectivity index (χ0) is 15.1. The van der Waals surface area contributed by atoms with Crippen LogP contribution in [0, 0.1) is 0 Å². The molecule has 0 aromatic carbocycles. The number of hydrogen-bond donors (Lipinski definition) is 0. The van der Waals surface area contributed by atoms with Gasteiger partial charge in [-0.3, -0.25) is 14.8 Å². The number of anilines is 1. The van der Waals surface area contributed by atoms with Crippen LogP contribution in [0.5, 0.6) is 0 Å². The molecule has 1 aromatic heterocycles. The number of aromatic nitrogens is 2. The lowest BCUT2D eigenvalue weighted by Crippen LogP contribution is -2.54. The van der Waals surface area contributed by atoms with E-state index in [0.717, 1.165) is 36.7 Å². The summed E-state index contributed by atoms with van der Waals surface area (Å²) in [6.45, 7) is 9.94. The van der Waals surface area contributed by atoms with Gasteiger partial charge in [-0.2, -0.15) is 0 Å². The van der Waals surface area contributed by atoms with E-state index in [1.54, 1.807) is 4.90 Å². The number of carbonyl (C=O) groups is 1. The average molecular weight is 289 g/mol. The average Bonchev–Trinajstić information content (AvgIpc) is 2.98. The Kier molecular flexibility index (Phi) is 3.47. The van der Waals surface area contributed by atoms with Crippen molar-refractivity contribution < 1.29 is 4.79 Å². The van der Waals surface area contributed by atoms with Crippen molar-refractivity contribution in [1.29, 1.82) is 0 Å². The van der Waals surface area contributed by atoms with Gasteiger partial charge in [0.2, 0.25) is 0 Å². The van der Waals surface area contributed by atoms with Gasteiger partial charge < -0.3 is 4.57 Å². The van der Waals surface area contributed by atoms with Crippen LogP contribution in [0.1, 0.15) is 46.2 Å². The summed E-state index contributed by atoms with van der Waals surface area (Å²) >= 11 is 0. The first kappa shape index (κ1) is 14.1. The van der Waals surface area contributed by atoms with E-state index in [2.05, 4.69) is 37.2 Å². The minimum absolute atomic E-state index is 0.0155. The van der Waals surface area contributed by atoms with Crippen molar-refractivity contribution >= 4 is 17.7 Å². The van der Waals surface area contributed by atoms with Gasteiger partial charge in [-0.25, -0.2) is 9.78 Å². The number of imidazole rings is 1. The summed E-state index contributed by atoms with van der Waals surface area (Å²) in [5, 5.41) is 0. The molecule has 3 heterocycles. The van der Waals surface area contributed by atoms with E-state index in [1.807, 2.05) is 11.2 Å². The van der Waals surface area contributed by atoms with E-state index >= 15 is 0 Å². The second kappa shape index (κ2) is 5.16. The van der Waals surface area contributed by atoms with Crippen LogP contribution in [-0.4, -0.2) is 44.9 Å². The lowest BCUT2D eigenvalue weighted by molar-refractivity contribution is 0.216. The summed E-state index contributed by atoms with van der Waals surface area (Å²) in [7, 11) is 0. The molecular formula is C15H23N5O. The van der Waals surface area contributed by atoms with E-state index in [9.17, 15) is 4.79 Å². The SMILES string of the molecule is CCCN1C(=O)N2C(=NC(C)C2C)c2c1ncn2CCC. The van der Waals surface area contributed by atoms with Crippen LogP contribution < -0.4 is 4.90 Å². The van der Waals surface area contributed by atoms with Crippen molar-refractivity contribution in [3.63, 3.8) is 0 Å². The number of amidine groups is 1. The van der Waals surface area contributed by atoms with Crippen molar-refractivity contribution in [3.05, 3.63) is 12.0 Å². The molecule has 0 saturated carbocycles. The highest BCUT2D eigenvalue weighted by Gasteiger charge is 2.45. The van der Waals surface area contributed by atoms with Crippen molar-refractivity contribution in [3.8, 4) is 0 Å². The smallest absolute Gasteiger partial charge is 0.326 e. The molecule has 0 saturated heterocycles. The van der Waals surface area contributed by atoms with E-state index in [-0.39, 0.29) is 18.1 Å². The summed E-state index contributed by atoms with van der Waals surface area (Å²) in [5.41, 5.74) is 1.00. The van der Waals surface area contributed by atoms with Crippen molar-refractivity contribution in [2.45, 2.75) is 59.2 Å². The fourth-order valence-electron chi connectivity index (χ4n) is 3.07. The quantitative estimate of drug-likeness (QED) is 0.855. The number of amides is 2. The molecule has 2 atom stereocenters. The second-order valence-electron chi connectivity index (χ2n) is 5.85. The molecular weight excluding hydrogens is 266 g/mol. The predicted molar refractivity (Wildman–Crippen MR) is 82.9 cm³/mol. The largest absolute Gasteiger partial charge is 0.331 e. The molecule has 0 spiro atoms. The number of rotatable bonds is 4. The molecule has 0 bridgehead atoms. The molecule has 0 aliphatic carbocycles. The minimum atomic E-state index is 0.0155. The standard InChI is InChI=1S/C15H23N5O/c1-5-7-18-9-16-13-12(18)14-17-10(3)11(4)20(14)15(21)19(13)8-6-2/h9-11H,5-8H2,1-4H3. The summed E-state index contributed by atoms with van der Waals surface area (Å²) in [5.74, 6) is 1.57. The number of nitrogens with zero attached hydrogens (tertiary/aromatic N) is 5. The zero-order valence-corrected chi connectivity index (χ0v) is 13.2. The lowest BCUT2D eigenvalue weighted by atomic mass is 10.1. The molecule has 3 rings (SSSR count). The van der Waals surface area contributed by atoms with Crippen molar-refractivity contribution in [2.75, 3.05) is 11.4 Å². The van der Waals surface area contributed by atoms with E-state index in [0.29, 0.717) is 6.54 Å². The molecule has 0 N–H and O–H groups in total. The summed E-state index contributed by atoms with van der Waals surface area (Å²) in [6, 6.07) is 0.245. The van der Waals surface area contributed by atoms with E-state index < -0.39 is 0 Å². The van der Waals surface area contributed by atoms with Crippen LogP contribution in [-0.2, 0) is 6.54 Å². The van der Waals surface area contributed by atoms with Crippen molar-refractivity contribution in [1.82, 2.24) is 14.5 Å². The highest BCUT2D eigenvalue weighted by Crippen LogP contribution is 2.34. The van der Waals surface area contributed by atoms with Gasteiger partial charge in [-0.1, -0.05) is 13.8 Å². The van der Waals surface area contributed by atoms with Gasteiger partial charge in [0.05, 0.1) is 18.4 Å². The molecule has 2 amide bonds. The fraction of sp³-hybridized carbons (Fsp3) is 0.667. The van der Waals surface area contributed by atoms with E-state index in [4.69, 9.17) is 4.99 Å². The van der Waals surface area contributed by atoms with Crippen LogP contribution >= 0.6 is 0 Å². The van der Waals surface area contributed by atoms with Crippen LogP contribution in [0.15, 0.2) is 11.3 Å². The van der Waals surface area contributed by atoms with Gasteiger partial charge in [0.25, 0.3) is 0 Å². The molecule has 2 aliphatic rings. The third-order valence-electron chi connectivity index (χ3n) is 4.29. The first-order valence-corrected chi connectivity index (χ1v) is 7.84. The fourth-order valence-corrected chi connectivity index (χ4v) is 3.07. The van der Waals surface area contributed by atoms with Gasteiger partial charge in [0.15, 0.2) is 11.7 Å². The highest BCUT2D eigenvalue weighted by atomic mass is 16.2. The zero-order valence-electron chi connectivity index (χ0n) is 13.2. The Labute approximate surface area is 125 Å². The topological polar surface area (TPSA) is 53.7 Å². The molecule has 0 radical (unpaired) electrons. The number of aryl methyl sites for hydroxylation is 1. The second-order valence-corrected chi connectivity index (χ2v) is 5.85. The first-order valence-electron chi connectivity index (χ1n) is 7.84. The highest BCUT2D eigenvalue weighted by molar-refractivity contribution is 6.18. The maximum absolute atomic E-state index is 12.8. The van der Waals surface area contributed by atoms with Crippen LogP contribution in [0.25, 0.3) is 0 Å². The molecule has 2 unspecified atom stereocenters. The summed E-state index contributed by atoms with van der Waals surface area (Å²) < 4.78 is 2.13. The van der Waals surface area contributed by atoms with Gasteiger partial charge in [-0.05, 0) is 26.7 Å². The number of fused-ring (bicyclic) bond motifs is 3. The van der Waals surface area contributed by atoms with E-state index in [1.165, 1.54) is 0 Å². The van der Waals surface area contributed by atoms with Gasteiger partial charge >= 0.3 is 6.03 Å². The maximum atomic E-state index is 12.8. The Morgan fingerprint density at radius 2 is 1.90 bits per heavy atom. The Morgan fingerprint density at radius 3 is 2.57 bits per heavy atom. The summed E-state index contributed by atoms with van der Waals surface area (Å²) in [4.78, 5) is 25.7. The Balaban J connectivity index is 2.14. The molecule has 2 aliphatic heterocycles. The molecule has 114 valence electrons. The van der Waals surface area contributed by atoms with Crippen LogP contribution in [0.3, 0.4) is 0 Å². The Bertz CT molecular complexity index is 591. The molecule has 0 fully saturated rings. The first-order chi connectivity index (χ1) is 10.1. The van der Waals surface area contributed by atoms with Crippen LogP contribution in [0.4, 0.5) is 10.6 Å². The van der Waals surface area contributed by atoms with Crippen molar-refractivity contribution in [2.24, 2.45) is 4.99 Å². The number of carbonyl (C=O) groups excluding carboxylic acids is 1. The maximum Gasteiger partial charge on any atom is 0.331 e. The predicted octanol–water partition coefficient (Wildman–Crippen LogP) is 2.48. The molecule has 21 heavy (non-hydrogen) atoms. The third kappa shape index (κ3) is 1.96. The van der Waals surface area contributed by atoms with Crippen LogP contribution in [0.2, 0.25) is 0 Å². The number of urea groups is 1. The molecule has 1 aromatic rings. The Hall–Kier alpha value is -1.85. The Morgan fingerprint density at radius 1 is 1.19 bits per heavy atom. The number of hydrogen-bond acceptors (Lipinski definition) is 3. The van der Waals surface area contributed by atoms with Gasteiger partial charge in [-0.15, -0.1) is 0 Å². The molecule has 6 nitrogen and oxygen atoms in total. The third-order valence-corrected chi connectivity index (χ3v) is 4.29. The summed E-state index contributed by atoms with van der Waals surface area (Å²) in [6.07, 6.45) is 3.78.